The second kappa shape index (κ2) is 3.43. The van der Waals surface area contributed by atoms with Gasteiger partial charge >= 0.3 is 0 Å². The van der Waals surface area contributed by atoms with Crippen LogP contribution in [0.4, 0.5) is 0 Å². The lowest BCUT2D eigenvalue weighted by Crippen LogP contribution is -1.80. The molecule has 1 atom stereocenters. The Balaban J connectivity index is 2.80. The van der Waals surface area contributed by atoms with Gasteiger partial charge in [-0.15, -0.1) is 0 Å². The third-order valence-corrected chi connectivity index (χ3v) is 1.47. The van der Waals surface area contributed by atoms with E-state index in [2.05, 4.69) is 9.47 Å². The lowest BCUT2D eigenvalue weighted by Gasteiger charge is -2.00. The summed E-state index contributed by atoms with van der Waals surface area (Å²) in [4.78, 5) is 0. The summed E-state index contributed by atoms with van der Waals surface area (Å²) >= 11 is 0. The molecule has 0 aromatic heterocycles. The van der Waals surface area contributed by atoms with Crippen LogP contribution in [0, 0.1) is 0 Å². The highest BCUT2D eigenvalue weighted by Crippen LogP contribution is 2.17. The molecule has 1 aromatic carbocycles. The number of rotatable bonds is 2. The molecule has 0 aliphatic carbocycles. The maximum absolute atomic E-state index is 4.95. The van der Waals surface area contributed by atoms with Crippen molar-refractivity contribution in [1.29, 1.82) is 0 Å². The summed E-state index contributed by atoms with van der Waals surface area (Å²) in [5.74, 6) is 1.65. The Morgan fingerprint density at radius 2 is 1.60 bits per heavy atom. The van der Waals surface area contributed by atoms with Crippen LogP contribution in [0.3, 0.4) is 0 Å². The zero-order chi connectivity index (χ0) is 7.40. The molecule has 1 aromatic rings. The maximum atomic E-state index is 4.95. The quantitative estimate of drug-likeness (QED) is 0.608. The minimum Gasteiger partial charge on any atom is -0.497 e. The first kappa shape index (κ1) is 7.36. The normalized spacial score (nSPS) is 9.00. The highest BCUT2D eigenvalue weighted by Gasteiger charge is 1.90. The van der Waals surface area contributed by atoms with E-state index in [9.17, 15) is 0 Å². The lowest BCUT2D eigenvalue weighted by atomic mass is 10.3. The van der Waals surface area contributed by atoms with Crippen LogP contribution >= 0.6 is 9.47 Å². The first-order valence-electron chi connectivity index (χ1n) is 2.87. The minimum absolute atomic E-state index is 0.811. The molecule has 10 heavy (non-hydrogen) atoms. The second-order valence-corrected chi connectivity index (χ2v) is 2.03. The van der Waals surface area contributed by atoms with Crippen LogP contribution in [-0.2, 0) is 0 Å². The van der Waals surface area contributed by atoms with Crippen molar-refractivity contribution < 1.29 is 9.26 Å². The van der Waals surface area contributed by atoms with Crippen molar-refractivity contribution in [3.05, 3.63) is 24.3 Å². The maximum Gasteiger partial charge on any atom is 0.122 e. The van der Waals surface area contributed by atoms with Gasteiger partial charge < -0.3 is 9.26 Å². The molecule has 0 fully saturated rings. The summed E-state index contributed by atoms with van der Waals surface area (Å²) in [5.41, 5.74) is 0. The van der Waals surface area contributed by atoms with Crippen molar-refractivity contribution >= 4 is 9.47 Å². The van der Waals surface area contributed by atoms with Crippen LogP contribution < -0.4 is 9.26 Å². The van der Waals surface area contributed by atoms with Gasteiger partial charge in [0, 0.05) is 0 Å². The third kappa shape index (κ3) is 1.61. The third-order valence-electron chi connectivity index (χ3n) is 1.20. The number of ether oxygens (including phenoxy) is 1. The monoisotopic (exact) mass is 156 g/mol. The first-order valence-corrected chi connectivity index (χ1v) is 3.34. The van der Waals surface area contributed by atoms with E-state index in [4.69, 9.17) is 9.26 Å². The number of hydrogen-bond donors (Lipinski definition) is 0. The SMILES string of the molecule is COc1ccc(OP)cc1. The second-order valence-electron chi connectivity index (χ2n) is 1.79. The standard InChI is InChI=1S/C7H9O2P/c1-8-6-2-4-7(9-10)5-3-6/h2-5H,10H2,1H3. The van der Waals surface area contributed by atoms with E-state index >= 15 is 0 Å². The predicted octanol–water partition coefficient (Wildman–Crippen LogP) is 1.86. The molecule has 0 amide bonds. The minimum atomic E-state index is 0.811. The molecule has 0 N–H and O–H groups in total. The van der Waals surface area contributed by atoms with E-state index in [1.807, 2.05) is 24.3 Å². The Hall–Kier alpha value is -0.750. The summed E-state index contributed by atoms with van der Waals surface area (Å²) in [6.07, 6.45) is 0. The van der Waals surface area contributed by atoms with Crippen molar-refractivity contribution in [2.24, 2.45) is 0 Å². The Kier molecular flexibility index (Phi) is 2.52. The summed E-state index contributed by atoms with van der Waals surface area (Å²) in [5, 5.41) is 0. The molecule has 0 aliphatic heterocycles. The molecular formula is C7H9O2P. The highest BCUT2D eigenvalue weighted by molar-refractivity contribution is 7.10. The topological polar surface area (TPSA) is 18.5 Å². The van der Waals surface area contributed by atoms with Gasteiger partial charge in [-0.3, -0.25) is 0 Å². The molecule has 0 heterocycles. The molecule has 0 radical (unpaired) electrons. The number of benzene rings is 1. The van der Waals surface area contributed by atoms with Gasteiger partial charge in [-0.05, 0) is 24.3 Å². The fourth-order valence-electron chi connectivity index (χ4n) is 0.654. The lowest BCUT2D eigenvalue weighted by molar-refractivity contribution is 0.414. The van der Waals surface area contributed by atoms with Gasteiger partial charge in [0.25, 0.3) is 0 Å². The molecule has 54 valence electrons. The Morgan fingerprint density at radius 3 is 2.00 bits per heavy atom. The number of hydrogen-bond acceptors (Lipinski definition) is 2. The largest absolute Gasteiger partial charge is 0.497 e. The van der Waals surface area contributed by atoms with Gasteiger partial charge in [-0.1, -0.05) is 0 Å². The van der Waals surface area contributed by atoms with Gasteiger partial charge in [0.15, 0.2) is 0 Å². The predicted molar refractivity (Wildman–Crippen MR) is 43.3 cm³/mol. The molecule has 1 unspecified atom stereocenters. The summed E-state index contributed by atoms with van der Waals surface area (Å²) < 4.78 is 9.83. The van der Waals surface area contributed by atoms with Crippen LogP contribution in [0.5, 0.6) is 11.5 Å². The Morgan fingerprint density at radius 1 is 1.10 bits per heavy atom. The summed E-state index contributed by atoms with van der Waals surface area (Å²) in [6.45, 7) is 0. The molecule has 0 saturated heterocycles. The van der Waals surface area contributed by atoms with Crippen LogP contribution in [0.2, 0.25) is 0 Å². The van der Waals surface area contributed by atoms with Gasteiger partial charge in [-0.2, -0.15) is 0 Å². The van der Waals surface area contributed by atoms with E-state index in [-0.39, 0.29) is 0 Å². The Labute approximate surface area is 62.4 Å². The van der Waals surface area contributed by atoms with Crippen molar-refractivity contribution in [2.75, 3.05) is 7.11 Å². The van der Waals surface area contributed by atoms with E-state index in [0.29, 0.717) is 0 Å². The highest BCUT2D eigenvalue weighted by atomic mass is 31.0. The van der Waals surface area contributed by atoms with Crippen LogP contribution in [-0.4, -0.2) is 7.11 Å². The molecule has 0 aliphatic rings. The van der Waals surface area contributed by atoms with E-state index in [1.165, 1.54) is 0 Å². The number of methoxy groups -OCH3 is 1. The molecular weight excluding hydrogens is 147 g/mol. The van der Waals surface area contributed by atoms with Gasteiger partial charge in [0.1, 0.15) is 11.5 Å². The van der Waals surface area contributed by atoms with Crippen molar-refractivity contribution in [3.8, 4) is 11.5 Å². The van der Waals surface area contributed by atoms with E-state index in [0.717, 1.165) is 11.5 Å². The molecule has 0 spiro atoms. The molecule has 2 nitrogen and oxygen atoms in total. The van der Waals surface area contributed by atoms with Gasteiger partial charge in [0.05, 0.1) is 16.6 Å². The molecule has 0 bridgehead atoms. The van der Waals surface area contributed by atoms with Crippen LogP contribution in [0.25, 0.3) is 0 Å². The van der Waals surface area contributed by atoms with E-state index < -0.39 is 0 Å². The molecule has 3 heteroatoms. The molecule has 1 rings (SSSR count). The van der Waals surface area contributed by atoms with Crippen molar-refractivity contribution in [3.63, 3.8) is 0 Å². The first-order chi connectivity index (χ1) is 4.86. The van der Waals surface area contributed by atoms with Gasteiger partial charge in [-0.25, -0.2) is 0 Å². The Bertz CT molecular complexity index is 172. The summed E-state index contributed by atoms with van der Waals surface area (Å²) in [6, 6.07) is 7.37. The zero-order valence-corrected chi connectivity index (χ0v) is 6.86. The van der Waals surface area contributed by atoms with Crippen LogP contribution in [0.15, 0.2) is 24.3 Å². The summed E-state index contributed by atoms with van der Waals surface area (Å²) in [7, 11) is 3.82. The average Bonchev–Trinajstić information content (AvgIpc) is 2.05. The van der Waals surface area contributed by atoms with Gasteiger partial charge in [0.2, 0.25) is 0 Å². The smallest absolute Gasteiger partial charge is 0.122 e. The fourth-order valence-corrected chi connectivity index (χ4v) is 0.811. The van der Waals surface area contributed by atoms with E-state index in [1.54, 1.807) is 7.11 Å². The van der Waals surface area contributed by atoms with Crippen molar-refractivity contribution in [2.45, 2.75) is 0 Å². The fraction of sp³-hybridized carbons (Fsp3) is 0.143. The molecule has 0 saturated carbocycles. The zero-order valence-electron chi connectivity index (χ0n) is 5.70. The van der Waals surface area contributed by atoms with Crippen molar-refractivity contribution in [1.82, 2.24) is 0 Å². The average molecular weight is 156 g/mol. The van der Waals surface area contributed by atoms with Crippen LogP contribution in [0.1, 0.15) is 0 Å².